The first-order valence-corrected chi connectivity index (χ1v) is 7.39. The van der Waals surface area contributed by atoms with E-state index in [1.807, 2.05) is 6.92 Å². The van der Waals surface area contributed by atoms with Gasteiger partial charge in [0.1, 0.15) is 11.7 Å². The van der Waals surface area contributed by atoms with Gasteiger partial charge in [0.25, 0.3) is 5.91 Å². The quantitative estimate of drug-likeness (QED) is 0.914. The Labute approximate surface area is 116 Å². The summed E-state index contributed by atoms with van der Waals surface area (Å²) in [5.41, 5.74) is 0.537. The van der Waals surface area contributed by atoms with E-state index in [0.717, 1.165) is 12.8 Å². The second-order valence-electron chi connectivity index (χ2n) is 4.65. The summed E-state index contributed by atoms with van der Waals surface area (Å²) in [6.45, 7) is 2.04. The highest BCUT2D eigenvalue weighted by molar-refractivity contribution is 8.00. The number of aliphatic carboxylic acids is 1. The third-order valence-electron chi connectivity index (χ3n) is 3.31. The van der Waals surface area contributed by atoms with E-state index >= 15 is 0 Å². The summed E-state index contributed by atoms with van der Waals surface area (Å²) in [6.07, 6.45) is 3.55. The van der Waals surface area contributed by atoms with Crippen LogP contribution in [0.3, 0.4) is 0 Å². The zero-order valence-corrected chi connectivity index (χ0v) is 11.9. The average molecular weight is 282 g/mol. The second-order valence-corrected chi connectivity index (χ2v) is 5.86. The number of amides is 1. The van der Waals surface area contributed by atoms with Gasteiger partial charge in [0.2, 0.25) is 0 Å². The molecule has 1 amide bonds. The first-order valence-electron chi connectivity index (χ1n) is 6.34. The first kappa shape index (κ1) is 14.0. The predicted octanol–water partition coefficient (Wildman–Crippen LogP) is 1.79. The van der Waals surface area contributed by atoms with E-state index in [4.69, 9.17) is 0 Å². The number of carboxylic acid groups (broad SMARTS) is 1. The Morgan fingerprint density at radius 2 is 2.26 bits per heavy atom. The average Bonchev–Trinajstić information content (AvgIpc) is 2.95. The van der Waals surface area contributed by atoms with Gasteiger partial charge in [-0.1, -0.05) is 13.3 Å². The van der Waals surface area contributed by atoms with Crippen LogP contribution in [-0.4, -0.2) is 43.6 Å². The summed E-state index contributed by atoms with van der Waals surface area (Å²) < 4.78 is 1.73. The zero-order chi connectivity index (χ0) is 14.0. The molecule has 1 aliphatic rings. The van der Waals surface area contributed by atoms with Crippen molar-refractivity contribution in [3.63, 3.8) is 0 Å². The van der Waals surface area contributed by atoms with Crippen LogP contribution >= 0.6 is 11.8 Å². The SMILES string of the molecule is CCCC1SCC(C(=O)O)N1C(=O)c1cccn1C. The first-order chi connectivity index (χ1) is 9.06. The highest BCUT2D eigenvalue weighted by Crippen LogP contribution is 2.33. The van der Waals surface area contributed by atoms with E-state index in [9.17, 15) is 14.7 Å². The molecule has 1 fully saturated rings. The Hall–Kier alpha value is -1.43. The van der Waals surface area contributed by atoms with Crippen LogP contribution in [0.2, 0.25) is 0 Å². The molecule has 0 aromatic carbocycles. The summed E-state index contributed by atoms with van der Waals surface area (Å²) >= 11 is 1.56. The molecule has 6 heteroatoms. The molecule has 1 N–H and O–H groups in total. The summed E-state index contributed by atoms with van der Waals surface area (Å²) in [7, 11) is 1.79. The lowest BCUT2D eigenvalue weighted by Gasteiger charge is -2.27. The maximum Gasteiger partial charge on any atom is 0.327 e. The van der Waals surface area contributed by atoms with Gasteiger partial charge >= 0.3 is 5.97 Å². The molecule has 5 nitrogen and oxygen atoms in total. The predicted molar refractivity (Wildman–Crippen MR) is 74.2 cm³/mol. The van der Waals surface area contributed by atoms with Crippen molar-refractivity contribution in [2.75, 3.05) is 5.75 Å². The molecule has 1 aliphatic heterocycles. The fourth-order valence-corrected chi connectivity index (χ4v) is 3.82. The number of rotatable bonds is 4. The van der Waals surface area contributed by atoms with Crippen LogP contribution in [0.4, 0.5) is 0 Å². The largest absolute Gasteiger partial charge is 0.480 e. The van der Waals surface area contributed by atoms with Crippen molar-refractivity contribution in [3.8, 4) is 0 Å². The van der Waals surface area contributed by atoms with E-state index in [1.165, 1.54) is 4.90 Å². The van der Waals surface area contributed by atoms with Crippen molar-refractivity contribution in [3.05, 3.63) is 24.0 Å². The van der Waals surface area contributed by atoms with Crippen LogP contribution in [-0.2, 0) is 11.8 Å². The van der Waals surface area contributed by atoms with Gasteiger partial charge in [-0.25, -0.2) is 4.79 Å². The monoisotopic (exact) mass is 282 g/mol. The molecule has 2 heterocycles. The van der Waals surface area contributed by atoms with E-state index in [2.05, 4.69) is 0 Å². The number of carboxylic acids is 1. The van der Waals surface area contributed by atoms with Crippen LogP contribution < -0.4 is 0 Å². The van der Waals surface area contributed by atoms with Crippen LogP contribution in [0.5, 0.6) is 0 Å². The van der Waals surface area contributed by atoms with Gasteiger partial charge in [0, 0.05) is 19.0 Å². The van der Waals surface area contributed by atoms with E-state index in [0.29, 0.717) is 11.4 Å². The highest BCUT2D eigenvalue weighted by Gasteiger charge is 2.41. The van der Waals surface area contributed by atoms with Gasteiger partial charge in [0.15, 0.2) is 0 Å². The molecule has 2 unspecified atom stereocenters. The van der Waals surface area contributed by atoms with Gasteiger partial charge in [0.05, 0.1) is 5.37 Å². The van der Waals surface area contributed by atoms with Crippen molar-refractivity contribution >= 4 is 23.6 Å². The standard InChI is InChI=1S/C13H18N2O3S/c1-3-5-11-15(10(8-19-11)13(17)18)12(16)9-6-4-7-14(9)2/h4,6-7,10-11H,3,5,8H2,1-2H3,(H,17,18). The molecule has 1 saturated heterocycles. The molecular formula is C13H18N2O3S. The Morgan fingerprint density at radius 3 is 2.79 bits per heavy atom. The van der Waals surface area contributed by atoms with Crippen molar-refractivity contribution in [1.29, 1.82) is 0 Å². The number of carbonyl (C=O) groups excluding carboxylic acids is 1. The lowest BCUT2D eigenvalue weighted by molar-refractivity contribution is -0.141. The van der Waals surface area contributed by atoms with Crippen LogP contribution in [0.1, 0.15) is 30.3 Å². The molecular weight excluding hydrogens is 264 g/mol. The topological polar surface area (TPSA) is 62.5 Å². The van der Waals surface area contributed by atoms with Gasteiger partial charge in [-0.05, 0) is 18.6 Å². The number of nitrogens with zero attached hydrogens (tertiary/aromatic N) is 2. The smallest absolute Gasteiger partial charge is 0.327 e. The molecule has 0 spiro atoms. The molecule has 1 aromatic heterocycles. The van der Waals surface area contributed by atoms with Crippen LogP contribution in [0, 0.1) is 0 Å². The summed E-state index contributed by atoms with van der Waals surface area (Å²) in [6, 6.07) is 2.80. The Kier molecular flexibility index (Phi) is 4.19. The molecule has 2 rings (SSSR count). The second kappa shape index (κ2) is 5.69. The third-order valence-corrected chi connectivity index (χ3v) is 4.67. The number of aromatic nitrogens is 1. The van der Waals surface area contributed by atoms with Gasteiger partial charge in [-0.2, -0.15) is 0 Å². The summed E-state index contributed by atoms with van der Waals surface area (Å²) in [5.74, 6) is -0.645. The van der Waals surface area contributed by atoms with E-state index < -0.39 is 12.0 Å². The lowest BCUT2D eigenvalue weighted by Crippen LogP contribution is -2.46. The summed E-state index contributed by atoms with van der Waals surface area (Å²) in [5, 5.41) is 9.24. The fourth-order valence-electron chi connectivity index (χ4n) is 2.31. The molecule has 2 atom stereocenters. The molecule has 104 valence electrons. The molecule has 0 bridgehead atoms. The number of aryl methyl sites for hydroxylation is 1. The third kappa shape index (κ3) is 2.63. The highest BCUT2D eigenvalue weighted by atomic mass is 32.2. The van der Waals surface area contributed by atoms with E-state index in [1.54, 1.807) is 41.7 Å². The Morgan fingerprint density at radius 1 is 1.53 bits per heavy atom. The van der Waals surface area contributed by atoms with Crippen LogP contribution in [0.15, 0.2) is 18.3 Å². The Balaban J connectivity index is 2.28. The van der Waals surface area contributed by atoms with Crippen LogP contribution in [0.25, 0.3) is 0 Å². The van der Waals surface area contributed by atoms with Gasteiger partial charge < -0.3 is 14.6 Å². The number of hydrogen-bond donors (Lipinski definition) is 1. The molecule has 19 heavy (non-hydrogen) atoms. The van der Waals surface area contributed by atoms with Gasteiger partial charge in [-0.3, -0.25) is 4.79 Å². The number of thioether (sulfide) groups is 1. The maximum absolute atomic E-state index is 12.6. The minimum atomic E-state index is -0.923. The molecule has 1 aromatic rings. The summed E-state index contributed by atoms with van der Waals surface area (Å²) in [4.78, 5) is 25.4. The van der Waals surface area contributed by atoms with Crippen molar-refractivity contribution < 1.29 is 14.7 Å². The molecule has 0 aliphatic carbocycles. The molecule has 0 saturated carbocycles. The minimum Gasteiger partial charge on any atom is -0.480 e. The lowest BCUT2D eigenvalue weighted by atomic mass is 10.2. The van der Waals surface area contributed by atoms with Gasteiger partial charge in [-0.15, -0.1) is 11.8 Å². The fraction of sp³-hybridized carbons (Fsp3) is 0.538. The van der Waals surface area contributed by atoms with Crippen molar-refractivity contribution in [2.45, 2.75) is 31.2 Å². The van der Waals surface area contributed by atoms with Crippen molar-refractivity contribution in [2.24, 2.45) is 7.05 Å². The maximum atomic E-state index is 12.6. The zero-order valence-electron chi connectivity index (χ0n) is 11.1. The van der Waals surface area contributed by atoms with E-state index in [-0.39, 0.29) is 11.3 Å². The Bertz CT molecular complexity index is 486. The number of hydrogen-bond acceptors (Lipinski definition) is 3. The normalized spacial score (nSPS) is 22.7. The van der Waals surface area contributed by atoms with Crippen molar-refractivity contribution in [1.82, 2.24) is 9.47 Å². The number of carbonyl (C=O) groups is 2. The minimum absolute atomic E-state index is 0.0338. The molecule has 0 radical (unpaired) electrons.